The van der Waals surface area contributed by atoms with E-state index in [4.69, 9.17) is 9.47 Å². The lowest BCUT2D eigenvalue weighted by molar-refractivity contribution is 0.0908. The summed E-state index contributed by atoms with van der Waals surface area (Å²) >= 11 is 0. The quantitative estimate of drug-likeness (QED) is 0.691. The number of rotatable bonds is 4. The summed E-state index contributed by atoms with van der Waals surface area (Å²) < 4.78 is 11.3. The summed E-state index contributed by atoms with van der Waals surface area (Å²) in [5.41, 5.74) is 0. The molecule has 0 amide bonds. The average Bonchev–Trinajstić information content (AvgIpc) is 2.86. The summed E-state index contributed by atoms with van der Waals surface area (Å²) in [7, 11) is 0. The molecule has 0 aromatic carbocycles. The fourth-order valence-electron chi connectivity index (χ4n) is 2.56. The van der Waals surface area contributed by atoms with E-state index >= 15 is 0 Å². The Balaban J connectivity index is 1.61. The van der Waals surface area contributed by atoms with Crippen molar-refractivity contribution in [2.75, 3.05) is 13.2 Å². The van der Waals surface area contributed by atoms with Crippen LogP contribution >= 0.6 is 0 Å². The summed E-state index contributed by atoms with van der Waals surface area (Å²) in [4.78, 5) is 0. The Kier molecular flexibility index (Phi) is 3.82. The van der Waals surface area contributed by atoms with Crippen LogP contribution in [0.5, 0.6) is 0 Å². The van der Waals surface area contributed by atoms with Crippen LogP contribution in [0.3, 0.4) is 0 Å². The van der Waals surface area contributed by atoms with Crippen LogP contribution in [0.15, 0.2) is 0 Å². The van der Waals surface area contributed by atoms with E-state index in [1.54, 1.807) is 0 Å². The molecule has 0 bridgehead atoms. The lowest BCUT2D eigenvalue weighted by Gasteiger charge is -2.12. The minimum Gasteiger partial charge on any atom is -0.378 e. The molecule has 0 saturated carbocycles. The molecule has 0 spiro atoms. The van der Waals surface area contributed by atoms with Gasteiger partial charge in [-0.3, -0.25) is 0 Å². The first-order chi connectivity index (χ1) is 6.88. The van der Waals surface area contributed by atoms with E-state index in [2.05, 4.69) is 6.92 Å². The van der Waals surface area contributed by atoms with Crippen molar-refractivity contribution in [1.29, 1.82) is 0 Å². The van der Waals surface area contributed by atoms with Gasteiger partial charge in [-0.15, -0.1) is 0 Å². The minimum atomic E-state index is 0.546. The van der Waals surface area contributed by atoms with Crippen molar-refractivity contribution in [3.63, 3.8) is 0 Å². The summed E-state index contributed by atoms with van der Waals surface area (Å²) in [6.07, 6.45) is 8.68. The maximum absolute atomic E-state index is 5.69. The highest BCUT2D eigenvalue weighted by Gasteiger charge is 2.25. The van der Waals surface area contributed by atoms with Crippen molar-refractivity contribution in [2.24, 2.45) is 5.92 Å². The van der Waals surface area contributed by atoms with Gasteiger partial charge in [0.1, 0.15) is 0 Å². The first-order valence-corrected chi connectivity index (χ1v) is 6.11. The van der Waals surface area contributed by atoms with E-state index in [1.165, 1.54) is 38.5 Å². The molecule has 0 radical (unpaired) electrons. The van der Waals surface area contributed by atoms with Gasteiger partial charge in [0.05, 0.1) is 12.2 Å². The predicted molar refractivity (Wildman–Crippen MR) is 56.3 cm³/mol. The Morgan fingerprint density at radius 3 is 2.71 bits per heavy atom. The van der Waals surface area contributed by atoms with E-state index in [1.807, 2.05) is 0 Å². The second kappa shape index (κ2) is 5.13. The Hall–Kier alpha value is -0.0800. The highest BCUT2D eigenvalue weighted by molar-refractivity contribution is 4.75. The van der Waals surface area contributed by atoms with Crippen molar-refractivity contribution in [2.45, 2.75) is 57.7 Å². The molecule has 2 saturated heterocycles. The van der Waals surface area contributed by atoms with E-state index < -0.39 is 0 Å². The van der Waals surface area contributed by atoms with Gasteiger partial charge in [0.25, 0.3) is 0 Å². The Morgan fingerprint density at radius 2 is 2.07 bits per heavy atom. The van der Waals surface area contributed by atoms with Gasteiger partial charge in [0.15, 0.2) is 0 Å². The van der Waals surface area contributed by atoms with Crippen LogP contribution < -0.4 is 0 Å². The topological polar surface area (TPSA) is 18.5 Å². The molecule has 2 heterocycles. The summed E-state index contributed by atoms with van der Waals surface area (Å²) in [5.74, 6) is 0.809. The fourth-order valence-corrected chi connectivity index (χ4v) is 2.56. The first-order valence-electron chi connectivity index (χ1n) is 6.11. The van der Waals surface area contributed by atoms with Gasteiger partial charge in [0.2, 0.25) is 0 Å². The van der Waals surface area contributed by atoms with Gasteiger partial charge in [-0.1, -0.05) is 6.92 Å². The Bertz CT molecular complexity index is 164. The van der Waals surface area contributed by atoms with Crippen LogP contribution in [0.4, 0.5) is 0 Å². The van der Waals surface area contributed by atoms with Gasteiger partial charge in [0, 0.05) is 13.2 Å². The lowest BCUT2D eigenvalue weighted by atomic mass is 9.96. The SMILES string of the molecule is CC[C@H]1CC(CC[C@@H]2CCCO2)CO1. The first kappa shape index (κ1) is 10.4. The van der Waals surface area contributed by atoms with Crippen LogP contribution in [-0.4, -0.2) is 25.4 Å². The molecule has 82 valence electrons. The van der Waals surface area contributed by atoms with Crippen molar-refractivity contribution in [3.8, 4) is 0 Å². The van der Waals surface area contributed by atoms with Crippen LogP contribution in [0.25, 0.3) is 0 Å². The van der Waals surface area contributed by atoms with E-state index in [0.717, 1.165) is 19.1 Å². The Morgan fingerprint density at radius 1 is 1.14 bits per heavy atom. The molecule has 0 aromatic rings. The summed E-state index contributed by atoms with van der Waals surface area (Å²) in [6.45, 7) is 4.20. The zero-order valence-electron chi connectivity index (χ0n) is 9.21. The Labute approximate surface area is 87.0 Å². The van der Waals surface area contributed by atoms with Gasteiger partial charge in [-0.2, -0.15) is 0 Å². The second-order valence-electron chi connectivity index (χ2n) is 4.68. The maximum atomic E-state index is 5.69. The average molecular weight is 198 g/mol. The highest BCUT2D eigenvalue weighted by Crippen LogP contribution is 2.28. The standard InChI is InChI=1S/C12H22O2/c1-2-11-8-10(9-14-11)5-6-12-4-3-7-13-12/h10-12H,2-9H2,1H3/t10?,11-,12-/m0/s1. The van der Waals surface area contributed by atoms with Gasteiger partial charge < -0.3 is 9.47 Å². The third kappa shape index (κ3) is 2.71. The molecule has 2 heteroatoms. The van der Waals surface area contributed by atoms with E-state index in [9.17, 15) is 0 Å². The zero-order chi connectivity index (χ0) is 9.80. The van der Waals surface area contributed by atoms with Crippen molar-refractivity contribution in [1.82, 2.24) is 0 Å². The normalized spacial score (nSPS) is 37.9. The van der Waals surface area contributed by atoms with Gasteiger partial charge in [-0.25, -0.2) is 0 Å². The third-order valence-electron chi connectivity index (χ3n) is 3.54. The summed E-state index contributed by atoms with van der Waals surface area (Å²) in [5, 5.41) is 0. The molecule has 0 aliphatic carbocycles. The molecule has 14 heavy (non-hydrogen) atoms. The maximum Gasteiger partial charge on any atom is 0.0576 e. The molecule has 0 N–H and O–H groups in total. The molecule has 2 aliphatic rings. The highest BCUT2D eigenvalue weighted by atomic mass is 16.5. The number of hydrogen-bond acceptors (Lipinski definition) is 2. The van der Waals surface area contributed by atoms with Crippen molar-refractivity contribution in [3.05, 3.63) is 0 Å². The predicted octanol–water partition coefficient (Wildman–Crippen LogP) is 2.76. The van der Waals surface area contributed by atoms with Crippen LogP contribution in [0.1, 0.15) is 45.4 Å². The van der Waals surface area contributed by atoms with E-state index in [0.29, 0.717) is 12.2 Å². The minimum absolute atomic E-state index is 0.546. The third-order valence-corrected chi connectivity index (χ3v) is 3.54. The second-order valence-corrected chi connectivity index (χ2v) is 4.68. The van der Waals surface area contributed by atoms with Crippen molar-refractivity contribution >= 4 is 0 Å². The molecular formula is C12H22O2. The smallest absolute Gasteiger partial charge is 0.0576 e. The molecule has 2 fully saturated rings. The molecule has 1 unspecified atom stereocenters. The molecule has 2 rings (SSSR count). The number of hydrogen-bond donors (Lipinski definition) is 0. The van der Waals surface area contributed by atoms with Gasteiger partial charge in [-0.05, 0) is 44.4 Å². The van der Waals surface area contributed by atoms with Crippen LogP contribution in [0.2, 0.25) is 0 Å². The molecular weight excluding hydrogens is 176 g/mol. The number of ether oxygens (including phenoxy) is 2. The van der Waals surface area contributed by atoms with Crippen LogP contribution in [0, 0.1) is 5.92 Å². The monoisotopic (exact) mass is 198 g/mol. The largest absolute Gasteiger partial charge is 0.378 e. The zero-order valence-corrected chi connectivity index (χ0v) is 9.21. The molecule has 2 aliphatic heterocycles. The lowest BCUT2D eigenvalue weighted by Crippen LogP contribution is -2.09. The fraction of sp³-hybridized carbons (Fsp3) is 1.00. The molecule has 2 nitrogen and oxygen atoms in total. The van der Waals surface area contributed by atoms with Crippen LogP contribution in [-0.2, 0) is 9.47 Å². The van der Waals surface area contributed by atoms with Gasteiger partial charge >= 0.3 is 0 Å². The molecule has 3 atom stereocenters. The van der Waals surface area contributed by atoms with E-state index in [-0.39, 0.29) is 0 Å². The van der Waals surface area contributed by atoms with Crippen molar-refractivity contribution < 1.29 is 9.47 Å². The summed E-state index contributed by atoms with van der Waals surface area (Å²) in [6, 6.07) is 0. The molecule has 0 aromatic heterocycles.